The van der Waals surface area contributed by atoms with Crippen LogP contribution in [0, 0.1) is 13.8 Å². The molecule has 0 bridgehead atoms. The molecule has 1 aliphatic rings. The zero-order chi connectivity index (χ0) is 14.1. The first-order chi connectivity index (χ1) is 9.70. The van der Waals surface area contributed by atoms with Gasteiger partial charge in [0.25, 0.3) is 0 Å². The minimum atomic E-state index is 0.391. The van der Waals surface area contributed by atoms with Gasteiger partial charge in [0.1, 0.15) is 5.82 Å². The number of nitrogens with zero attached hydrogens (tertiary/aromatic N) is 2. The topological polar surface area (TPSA) is 37.8 Å². The second-order valence-electron chi connectivity index (χ2n) is 5.54. The number of rotatable bonds is 4. The summed E-state index contributed by atoms with van der Waals surface area (Å²) >= 11 is 0. The van der Waals surface area contributed by atoms with Crippen LogP contribution in [0.2, 0.25) is 0 Å². The Morgan fingerprint density at radius 3 is 2.50 bits per heavy atom. The van der Waals surface area contributed by atoms with Crippen molar-refractivity contribution in [1.82, 2.24) is 15.3 Å². The Morgan fingerprint density at radius 2 is 1.85 bits per heavy atom. The summed E-state index contributed by atoms with van der Waals surface area (Å²) < 4.78 is 0. The van der Waals surface area contributed by atoms with Crippen LogP contribution in [-0.2, 0) is 12.8 Å². The number of nitrogens with one attached hydrogen (secondary N) is 1. The maximum Gasteiger partial charge on any atom is 0.136 e. The van der Waals surface area contributed by atoms with Crippen LogP contribution in [0.1, 0.15) is 39.8 Å². The lowest BCUT2D eigenvalue weighted by molar-refractivity contribution is 0.647. The standard InChI is InChI=1S/C17H21N3/c1-11-14(8-9-18-3)12(2)20-17(19-11)16-10-13-6-4-5-7-15(13)16/h4-7,16,18H,8-10H2,1-3H3. The summed E-state index contributed by atoms with van der Waals surface area (Å²) in [6.07, 6.45) is 2.07. The molecule has 3 heteroatoms. The highest BCUT2D eigenvalue weighted by molar-refractivity contribution is 5.44. The molecule has 1 aliphatic carbocycles. The van der Waals surface area contributed by atoms with Crippen molar-refractivity contribution >= 4 is 0 Å². The van der Waals surface area contributed by atoms with Crippen LogP contribution in [0.3, 0.4) is 0 Å². The Kier molecular flexibility index (Phi) is 3.53. The smallest absolute Gasteiger partial charge is 0.136 e. The monoisotopic (exact) mass is 267 g/mol. The molecule has 0 amide bonds. The summed E-state index contributed by atoms with van der Waals surface area (Å²) in [6, 6.07) is 8.61. The molecule has 1 N–H and O–H groups in total. The van der Waals surface area contributed by atoms with Gasteiger partial charge in [-0.2, -0.15) is 0 Å². The molecular formula is C17H21N3. The molecule has 3 rings (SSSR count). The number of aromatic nitrogens is 2. The van der Waals surface area contributed by atoms with Gasteiger partial charge in [-0.05, 0) is 57.0 Å². The highest BCUT2D eigenvalue weighted by Crippen LogP contribution is 2.38. The van der Waals surface area contributed by atoms with Crippen LogP contribution >= 0.6 is 0 Å². The van der Waals surface area contributed by atoms with Gasteiger partial charge in [-0.1, -0.05) is 24.3 Å². The van der Waals surface area contributed by atoms with Crippen molar-refractivity contribution in [3.63, 3.8) is 0 Å². The number of fused-ring (bicyclic) bond motifs is 1. The third-order valence-electron chi connectivity index (χ3n) is 4.23. The van der Waals surface area contributed by atoms with E-state index in [1.165, 1.54) is 16.7 Å². The fourth-order valence-corrected chi connectivity index (χ4v) is 3.02. The molecule has 3 nitrogen and oxygen atoms in total. The van der Waals surface area contributed by atoms with E-state index in [4.69, 9.17) is 9.97 Å². The summed E-state index contributed by atoms with van der Waals surface area (Å²) in [5.74, 6) is 1.38. The molecule has 20 heavy (non-hydrogen) atoms. The van der Waals surface area contributed by atoms with Crippen molar-refractivity contribution in [1.29, 1.82) is 0 Å². The van der Waals surface area contributed by atoms with Crippen LogP contribution in [0.15, 0.2) is 24.3 Å². The van der Waals surface area contributed by atoms with Crippen LogP contribution in [0.4, 0.5) is 0 Å². The van der Waals surface area contributed by atoms with Gasteiger partial charge in [0.05, 0.1) is 0 Å². The van der Waals surface area contributed by atoms with E-state index in [2.05, 4.69) is 43.4 Å². The Hall–Kier alpha value is -1.74. The van der Waals surface area contributed by atoms with E-state index < -0.39 is 0 Å². The van der Waals surface area contributed by atoms with E-state index in [0.717, 1.165) is 36.6 Å². The molecule has 0 saturated heterocycles. The minimum absolute atomic E-state index is 0.391. The second-order valence-corrected chi connectivity index (χ2v) is 5.54. The van der Waals surface area contributed by atoms with Crippen LogP contribution in [-0.4, -0.2) is 23.6 Å². The fourth-order valence-electron chi connectivity index (χ4n) is 3.02. The predicted molar refractivity (Wildman–Crippen MR) is 81.1 cm³/mol. The van der Waals surface area contributed by atoms with Crippen LogP contribution < -0.4 is 5.32 Å². The molecule has 0 spiro atoms. The molecule has 0 aliphatic heterocycles. The summed E-state index contributed by atoms with van der Waals surface area (Å²) in [5, 5.41) is 3.19. The van der Waals surface area contributed by atoms with Crippen molar-refractivity contribution in [3.05, 3.63) is 58.2 Å². The molecule has 1 aromatic carbocycles. The highest BCUT2D eigenvalue weighted by atomic mass is 14.9. The molecule has 1 atom stereocenters. The third-order valence-corrected chi connectivity index (χ3v) is 4.23. The van der Waals surface area contributed by atoms with E-state index in [0.29, 0.717) is 5.92 Å². The van der Waals surface area contributed by atoms with Gasteiger partial charge in [-0.25, -0.2) is 9.97 Å². The molecule has 0 saturated carbocycles. The quantitative estimate of drug-likeness (QED) is 0.925. The van der Waals surface area contributed by atoms with Crippen molar-refractivity contribution in [2.75, 3.05) is 13.6 Å². The highest BCUT2D eigenvalue weighted by Gasteiger charge is 2.29. The number of likely N-dealkylation sites (N-methyl/N-ethyl adjacent to an activating group) is 1. The van der Waals surface area contributed by atoms with Crippen molar-refractivity contribution in [3.8, 4) is 0 Å². The average molecular weight is 267 g/mol. The fraction of sp³-hybridized carbons (Fsp3) is 0.412. The SMILES string of the molecule is CNCCc1c(C)nc(C2Cc3ccccc32)nc1C. The zero-order valence-electron chi connectivity index (χ0n) is 12.4. The lowest BCUT2D eigenvalue weighted by atomic mass is 9.77. The van der Waals surface area contributed by atoms with Gasteiger partial charge in [0, 0.05) is 17.3 Å². The number of hydrogen-bond donors (Lipinski definition) is 1. The second kappa shape index (κ2) is 5.33. The van der Waals surface area contributed by atoms with E-state index in [1.807, 2.05) is 7.05 Å². The first-order valence-corrected chi connectivity index (χ1v) is 7.27. The Balaban J connectivity index is 1.90. The van der Waals surface area contributed by atoms with E-state index >= 15 is 0 Å². The summed E-state index contributed by atoms with van der Waals surface area (Å²) in [6.45, 7) is 5.18. The third kappa shape index (κ3) is 2.22. The zero-order valence-corrected chi connectivity index (χ0v) is 12.4. The van der Waals surface area contributed by atoms with Gasteiger partial charge >= 0.3 is 0 Å². The van der Waals surface area contributed by atoms with E-state index in [1.54, 1.807) is 0 Å². The molecule has 0 fully saturated rings. The Labute approximate surface area is 120 Å². The van der Waals surface area contributed by atoms with Gasteiger partial charge < -0.3 is 5.32 Å². The van der Waals surface area contributed by atoms with Gasteiger partial charge in [-0.3, -0.25) is 0 Å². The largest absolute Gasteiger partial charge is 0.319 e. The molecule has 1 aromatic heterocycles. The average Bonchev–Trinajstić information content (AvgIpc) is 2.39. The summed E-state index contributed by atoms with van der Waals surface area (Å²) in [5.41, 5.74) is 6.39. The lowest BCUT2D eigenvalue weighted by Crippen LogP contribution is -2.22. The molecule has 104 valence electrons. The number of benzene rings is 1. The van der Waals surface area contributed by atoms with E-state index in [9.17, 15) is 0 Å². The lowest BCUT2D eigenvalue weighted by Gasteiger charge is -2.29. The van der Waals surface area contributed by atoms with Crippen LogP contribution in [0.25, 0.3) is 0 Å². The summed E-state index contributed by atoms with van der Waals surface area (Å²) in [4.78, 5) is 9.54. The van der Waals surface area contributed by atoms with Gasteiger partial charge in [-0.15, -0.1) is 0 Å². The van der Waals surface area contributed by atoms with Crippen molar-refractivity contribution < 1.29 is 0 Å². The molecular weight excluding hydrogens is 246 g/mol. The van der Waals surface area contributed by atoms with E-state index in [-0.39, 0.29) is 0 Å². The molecule has 0 radical (unpaired) electrons. The maximum absolute atomic E-state index is 4.77. The van der Waals surface area contributed by atoms with Crippen molar-refractivity contribution in [2.24, 2.45) is 0 Å². The van der Waals surface area contributed by atoms with Gasteiger partial charge in [0.15, 0.2) is 0 Å². The Morgan fingerprint density at radius 1 is 1.15 bits per heavy atom. The normalized spacial score (nSPS) is 16.6. The Bertz CT molecular complexity index is 611. The number of hydrogen-bond acceptors (Lipinski definition) is 3. The maximum atomic E-state index is 4.77. The summed E-state index contributed by atoms with van der Waals surface area (Å²) in [7, 11) is 1.98. The first-order valence-electron chi connectivity index (χ1n) is 7.27. The van der Waals surface area contributed by atoms with Gasteiger partial charge in [0.2, 0.25) is 0 Å². The van der Waals surface area contributed by atoms with Crippen LogP contribution in [0.5, 0.6) is 0 Å². The van der Waals surface area contributed by atoms with Crippen molar-refractivity contribution in [2.45, 2.75) is 32.6 Å². The first kappa shape index (κ1) is 13.3. The predicted octanol–water partition coefficient (Wildman–Crippen LogP) is 2.54. The number of aryl methyl sites for hydroxylation is 2. The molecule has 1 unspecified atom stereocenters. The molecule has 2 aromatic rings. The minimum Gasteiger partial charge on any atom is -0.319 e. The molecule has 1 heterocycles.